The van der Waals surface area contributed by atoms with E-state index in [1.54, 1.807) is 0 Å². The zero-order valence-corrected chi connectivity index (χ0v) is 9.11. The summed E-state index contributed by atoms with van der Waals surface area (Å²) in [6.07, 6.45) is 0. The molecule has 0 bridgehead atoms. The molecule has 0 saturated carbocycles. The molecule has 0 radical (unpaired) electrons. The van der Waals surface area contributed by atoms with Gasteiger partial charge in [-0.05, 0) is 45.3 Å². The van der Waals surface area contributed by atoms with E-state index in [0.29, 0.717) is 0 Å². The Hall–Kier alpha value is 0.240. The maximum atomic E-state index is 10.2. The maximum absolute atomic E-state index is 10.2. The zero-order valence-electron chi connectivity index (χ0n) is 6.13. The smallest absolute Gasteiger partial charge is 0.219 e. The van der Waals surface area contributed by atoms with Gasteiger partial charge >= 0.3 is 7.29 Å². The van der Waals surface area contributed by atoms with Crippen molar-refractivity contribution in [2.24, 2.45) is 0 Å². The zero-order chi connectivity index (χ0) is 11.6. The Balaban J connectivity index is 3.06. The average molecular weight is 368 g/mol. The molecule has 0 aromatic rings. The maximum Gasteiger partial charge on any atom is 0.349 e. The van der Waals surface area contributed by atoms with Gasteiger partial charge in [-0.15, -0.1) is 0 Å². The van der Waals surface area contributed by atoms with Crippen LogP contribution in [0.5, 0.6) is 0 Å². The molecule has 0 aliphatic rings. The predicted octanol–water partition coefficient (Wildman–Crippen LogP) is -0.460. The average Bonchev–Trinajstić information content (AvgIpc) is 2.14. The Kier molecular flexibility index (Phi) is 9.62. The molecule has 0 spiro atoms. The van der Waals surface area contributed by atoms with E-state index in [4.69, 9.17) is 5.26 Å². The van der Waals surface area contributed by atoms with E-state index in [1.807, 2.05) is 0 Å². The Labute approximate surface area is 92.1 Å². The van der Waals surface area contributed by atoms with E-state index in [0.717, 1.165) is 21.2 Å². The van der Waals surface area contributed by atoms with Crippen molar-refractivity contribution in [2.75, 3.05) is 0 Å². The van der Waals surface area contributed by atoms with Crippen LogP contribution in [0, 0.1) is 0 Å². The van der Waals surface area contributed by atoms with Crippen LogP contribution in [0.4, 0.5) is 0 Å². The highest BCUT2D eigenvalue weighted by atomic mass is 127. The third-order valence-electron chi connectivity index (χ3n) is 0.334. The van der Waals surface area contributed by atoms with Gasteiger partial charge in [0.15, 0.2) is 0 Å². The Morgan fingerprint density at radius 1 is 0.800 bits per heavy atom. The Morgan fingerprint density at radius 2 is 1.20 bits per heavy atom. The van der Waals surface area contributed by atoms with Crippen LogP contribution < -0.4 is 0 Å². The van der Waals surface area contributed by atoms with Gasteiger partial charge in [0.25, 0.3) is 0 Å². The standard InChI is InChI=1S/HIO13S/c1-15(3,4)14-13-12-11-10-9-8-7-6-5-2/h2H. The molecule has 0 fully saturated rings. The lowest BCUT2D eigenvalue weighted by atomic mass is 14.1. The second kappa shape index (κ2) is 9.46. The van der Waals surface area contributed by atoms with Crippen LogP contribution in [-0.2, 0) is 57.0 Å². The fourth-order valence-corrected chi connectivity index (χ4v) is 0.394. The van der Waals surface area contributed by atoms with Crippen LogP contribution in [0.15, 0.2) is 0 Å². The van der Waals surface area contributed by atoms with Crippen LogP contribution in [0.3, 0.4) is 0 Å². The van der Waals surface area contributed by atoms with Gasteiger partial charge in [0.2, 0.25) is 0 Å². The van der Waals surface area contributed by atoms with E-state index in [9.17, 15) is 8.42 Å². The summed E-state index contributed by atoms with van der Waals surface area (Å²) in [6, 6.07) is 0. The fraction of sp³-hybridized carbons (Fsp3) is 0. The Bertz CT molecular complexity index is 217. The summed E-state index contributed by atoms with van der Waals surface area (Å²) in [5.41, 5.74) is 0. The third-order valence-corrected chi connectivity index (χ3v) is 0.992. The van der Waals surface area contributed by atoms with E-state index < -0.39 is 7.29 Å². The van der Waals surface area contributed by atoms with Gasteiger partial charge in [-0.1, -0.05) is 4.33 Å². The highest BCUT2D eigenvalue weighted by Crippen LogP contribution is 2.03. The molecule has 0 aliphatic heterocycles. The van der Waals surface area contributed by atoms with Gasteiger partial charge in [0.05, 0.1) is 0 Å². The SMILES string of the molecule is O=S(=O)(I)OOOOOOOOOOO. The molecule has 0 aliphatic carbocycles. The van der Waals surface area contributed by atoms with E-state index in [2.05, 4.69) is 49.7 Å². The summed E-state index contributed by atoms with van der Waals surface area (Å²) in [7, 11) is -3.90. The fourth-order valence-electron chi connectivity index (χ4n) is 0.125. The monoisotopic (exact) mass is 368 g/mol. The van der Waals surface area contributed by atoms with Gasteiger partial charge in [0.1, 0.15) is 21.2 Å². The van der Waals surface area contributed by atoms with Crippen LogP contribution in [-0.4, -0.2) is 13.7 Å². The molecular formula is HIO13S. The molecule has 1 N–H and O–H groups in total. The van der Waals surface area contributed by atoms with E-state index >= 15 is 0 Å². The number of hydrogen-bond donors (Lipinski definition) is 1. The van der Waals surface area contributed by atoms with Gasteiger partial charge < -0.3 is 0 Å². The molecular weight excluding hydrogens is 367 g/mol. The quantitative estimate of drug-likeness (QED) is 0.175. The van der Waals surface area contributed by atoms with Crippen molar-refractivity contribution in [3.63, 3.8) is 0 Å². The van der Waals surface area contributed by atoms with Crippen molar-refractivity contribution in [1.82, 2.24) is 0 Å². The first-order chi connectivity index (χ1) is 7.06. The normalized spacial score (nSPS) is 11.9. The largest absolute Gasteiger partial charge is 0.349 e. The first-order valence-electron chi connectivity index (χ1n) is 2.34. The topological polar surface area (TPSA) is 147 Å². The molecule has 0 unspecified atom stereocenters. The first-order valence-corrected chi connectivity index (χ1v) is 6.29. The molecule has 0 atom stereocenters. The molecule has 92 valence electrons. The van der Waals surface area contributed by atoms with Crippen molar-refractivity contribution in [2.45, 2.75) is 0 Å². The van der Waals surface area contributed by atoms with Crippen LogP contribution >= 0.6 is 21.2 Å². The van der Waals surface area contributed by atoms with Gasteiger partial charge in [-0.3, -0.25) is 0 Å². The second-order valence-corrected chi connectivity index (χ2v) is 5.24. The molecule has 0 heterocycles. The van der Waals surface area contributed by atoms with Gasteiger partial charge in [-0.25, -0.2) is 5.26 Å². The molecule has 0 amide bonds. The second-order valence-electron chi connectivity index (χ2n) is 1.08. The summed E-state index contributed by atoms with van der Waals surface area (Å²) in [5, 5.41) is 37.2. The van der Waals surface area contributed by atoms with Crippen molar-refractivity contribution in [3.05, 3.63) is 0 Å². The predicted molar refractivity (Wildman–Crippen MR) is 36.4 cm³/mol. The van der Waals surface area contributed by atoms with Crippen molar-refractivity contribution < 1.29 is 63.4 Å². The summed E-state index contributed by atoms with van der Waals surface area (Å²) in [6.45, 7) is 0. The molecule has 0 aromatic heterocycles. The molecule has 0 saturated heterocycles. The molecule has 15 heteroatoms. The highest BCUT2D eigenvalue weighted by molar-refractivity contribution is 14.2. The van der Waals surface area contributed by atoms with Crippen molar-refractivity contribution in [1.29, 1.82) is 0 Å². The van der Waals surface area contributed by atoms with E-state index in [1.165, 1.54) is 0 Å². The Morgan fingerprint density at radius 3 is 1.60 bits per heavy atom. The number of halogens is 1. The first kappa shape index (κ1) is 15.2. The van der Waals surface area contributed by atoms with Crippen molar-refractivity contribution in [3.8, 4) is 0 Å². The van der Waals surface area contributed by atoms with Crippen LogP contribution in [0.25, 0.3) is 0 Å². The molecule has 13 nitrogen and oxygen atoms in total. The lowest BCUT2D eigenvalue weighted by molar-refractivity contribution is -0.851. The van der Waals surface area contributed by atoms with Crippen molar-refractivity contribution >= 4 is 28.5 Å². The minimum atomic E-state index is -3.90. The summed E-state index contributed by atoms with van der Waals surface area (Å²) >= 11 is 0.879. The van der Waals surface area contributed by atoms with Gasteiger partial charge in [0, 0.05) is 0 Å². The highest BCUT2D eigenvalue weighted by Gasteiger charge is 2.06. The minimum absolute atomic E-state index is 0.879. The number of rotatable bonds is 10. The summed E-state index contributed by atoms with van der Waals surface area (Å²) in [5.74, 6) is 0. The van der Waals surface area contributed by atoms with E-state index in [-0.39, 0.29) is 0 Å². The molecule has 0 rings (SSSR count). The number of hydrogen-bond acceptors (Lipinski definition) is 13. The summed E-state index contributed by atoms with van der Waals surface area (Å²) < 4.78 is 23.8. The minimum Gasteiger partial charge on any atom is -0.219 e. The molecule has 0 aromatic carbocycles. The third kappa shape index (κ3) is 14.2. The lowest BCUT2D eigenvalue weighted by Gasteiger charge is -1.97. The summed E-state index contributed by atoms with van der Waals surface area (Å²) in [4.78, 5) is 0. The van der Waals surface area contributed by atoms with Gasteiger partial charge in [-0.2, -0.15) is 8.42 Å². The lowest BCUT2D eigenvalue weighted by Crippen LogP contribution is -2.04. The van der Waals surface area contributed by atoms with Crippen LogP contribution in [0.1, 0.15) is 0 Å². The molecule has 15 heavy (non-hydrogen) atoms. The van der Waals surface area contributed by atoms with Crippen LogP contribution in [0.2, 0.25) is 0 Å².